The lowest BCUT2D eigenvalue weighted by Gasteiger charge is -2.36. The Bertz CT molecular complexity index is 391. The summed E-state index contributed by atoms with van der Waals surface area (Å²) in [6, 6.07) is 0.472. The van der Waals surface area contributed by atoms with Crippen molar-refractivity contribution in [3.05, 3.63) is 0 Å². The number of nitrogens with one attached hydrogen (secondary N) is 1. The molecule has 4 nitrogen and oxygen atoms in total. The van der Waals surface area contributed by atoms with E-state index < -0.39 is 5.60 Å². The van der Waals surface area contributed by atoms with E-state index in [9.17, 15) is 4.79 Å². The maximum Gasteiger partial charge on any atom is 0.410 e. The van der Waals surface area contributed by atoms with Crippen LogP contribution in [-0.2, 0) is 4.74 Å². The van der Waals surface area contributed by atoms with Crippen LogP contribution >= 0.6 is 0 Å². The van der Waals surface area contributed by atoms with Crippen molar-refractivity contribution in [2.45, 2.75) is 98.3 Å². The lowest BCUT2D eigenvalue weighted by atomic mass is 9.81. The second-order valence-corrected chi connectivity index (χ2v) is 9.86. The highest BCUT2D eigenvalue weighted by molar-refractivity contribution is 5.68. The van der Waals surface area contributed by atoms with Gasteiger partial charge in [-0.25, -0.2) is 4.79 Å². The minimum Gasteiger partial charge on any atom is -0.444 e. The number of nitrogens with zero attached hydrogens (tertiary/aromatic N) is 1. The summed E-state index contributed by atoms with van der Waals surface area (Å²) in [7, 11) is 0. The maximum atomic E-state index is 12.2. The highest BCUT2D eigenvalue weighted by atomic mass is 16.6. The first kappa shape index (κ1) is 20.3. The van der Waals surface area contributed by atoms with Crippen LogP contribution in [0.1, 0.15) is 81.1 Å². The Kier molecular flexibility index (Phi) is 6.54. The molecular formula is C19H38N2O2. The van der Waals surface area contributed by atoms with Crippen LogP contribution in [0.2, 0.25) is 0 Å². The minimum absolute atomic E-state index is 0.115. The number of likely N-dealkylation sites (tertiary alicyclic amines) is 1. The summed E-state index contributed by atoms with van der Waals surface area (Å²) < 4.78 is 5.50. The van der Waals surface area contributed by atoms with Crippen molar-refractivity contribution in [3.8, 4) is 0 Å². The summed E-state index contributed by atoms with van der Waals surface area (Å²) in [6.07, 6.45) is 4.10. The fourth-order valence-corrected chi connectivity index (χ4v) is 3.68. The van der Waals surface area contributed by atoms with Crippen molar-refractivity contribution in [2.75, 3.05) is 13.1 Å². The van der Waals surface area contributed by atoms with Crippen molar-refractivity contribution in [3.63, 3.8) is 0 Å². The van der Waals surface area contributed by atoms with E-state index in [-0.39, 0.29) is 11.6 Å². The van der Waals surface area contributed by atoms with E-state index in [1.165, 1.54) is 0 Å². The quantitative estimate of drug-likeness (QED) is 0.825. The predicted octanol–water partition coefficient (Wildman–Crippen LogP) is 4.58. The third-order valence-corrected chi connectivity index (χ3v) is 3.95. The van der Waals surface area contributed by atoms with Gasteiger partial charge < -0.3 is 15.0 Å². The van der Waals surface area contributed by atoms with Gasteiger partial charge in [0.2, 0.25) is 0 Å². The normalized spacial score (nSPS) is 21.0. The molecule has 1 atom stereocenters. The van der Waals surface area contributed by atoms with Crippen LogP contribution in [-0.4, -0.2) is 41.3 Å². The topological polar surface area (TPSA) is 41.6 Å². The summed E-state index contributed by atoms with van der Waals surface area (Å²) in [4.78, 5) is 14.1. The summed E-state index contributed by atoms with van der Waals surface area (Å²) in [6.45, 7) is 18.8. The molecule has 1 aliphatic heterocycles. The van der Waals surface area contributed by atoms with Gasteiger partial charge in [0.1, 0.15) is 5.60 Å². The SMILES string of the molecule is CC(C)(C)CC(C)(C)NC1CCCN(C(=O)OC(C)(C)C)CC1. The van der Waals surface area contributed by atoms with Gasteiger partial charge in [-0.3, -0.25) is 0 Å². The van der Waals surface area contributed by atoms with Crippen LogP contribution in [0.3, 0.4) is 0 Å². The highest BCUT2D eigenvalue weighted by Crippen LogP contribution is 2.28. The van der Waals surface area contributed by atoms with Crippen LogP contribution in [0.4, 0.5) is 4.79 Å². The van der Waals surface area contributed by atoms with Gasteiger partial charge in [0, 0.05) is 24.7 Å². The summed E-state index contributed by atoms with van der Waals surface area (Å²) in [5.74, 6) is 0. The number of carbonyl (C=O) groups is 1. The van der Waals surface area contributed by atoms with E-state index in [0.717, 1.165) is 38.8 Å². The van der Waals surface area contributed by atoms with E-state index in [1.54, 1.807) is 0 Å². The van der Waals surface area contributed by atoms with Crippen molar-refractivity contribution in [1.29, 1.82) is 0 Å². The number of hydrogen-bond donors (Lipinski definition) is 1. The number of ether oxygens (including phenoxy) is 1. The van der Waals surface area contributed by atoms with Crippen molar-refractivity contribution >= 4 is 6.09 Å². The van der Waals surface area contributed by atoms with Gasteiger partial charge in [0.25, 0.3) is 0 Å². The van der Waals surface area contributed by atoms with E-state index in [4.69, 9.17) is 4.74 Å². The Morgan fingerprint density at radius 3 is 2.17 bits per heavy atom. The summed E-state index contributed by atoms with van der Waals surface area (Å²) in [5, 5.41) is 3.82. The van der Waals surface area contributed by atoms with Crippen LogP contribution in [0.5, 0.6) is 0 Å². The minimum atomic E-state index is -0.421. The average molecular weight is 327 g/mol. The van der Waals surface area contributed by atoms with Crippen LogP contribution < -0.4 is 5.32 Å². The van der Waals surface area contributed by atoms with Crippen molar-refractivity contribution < 1.29 is 9.53 Å². The number of carbonyl (C=O) groups excluding carboxylic acids is 1. The van der Waals surface area contributed by atoms with Crippen molar-refractivity contribution in [2.24, 2.45) is 5.41 Å². The molecule has 1 heterocycles. The zero-order valence-corrected chi connectivity index (χ0v) is 16.6. The van der Waals surface area contributed by atoms with Gasteiger partial charge in [-0.2, -0.15) is 0 Å². The second kappa shape index (κ2) is 7.42. The number of amides is 1. The lowest BCUT2D eigenvalue weighted by molar-refractivity contribution is 0.0255. The molecule has 0 bridgehead atoms. The summed E-state index contributed by atoms with van der Waals surface area (Å²) >= 11 is 0. The molecule has 0 aromatic rings. The Balaban J connectivity index is 2.54. The zero-order valence-electron chi connectivity index (χ0n) is 16.6. The molecule has 1 saturated heterocycles. The first-order chi connectivity index (χ1) is 10.3. The molecule has 1 amide bonds. The highest BCUT2D eigenvalue weighted by Gasteiger charge is 2.30. The first-order valence-electron chi connectivity index (χ1n) is 9.03. The molecule has 1 N–H and O–H groups in total. The third-order valence-electron chi connectivity index (χ3n) is 3.95. The van der Waals surface area contributed by atoms with Crippen LogP contribution in [0, 0.1) is 5.41 Å². The van der Waals surface area contributed by atoms with Gasteiger partial charge >= 0.3 is 6.09 Å². The smallest absolute Gasteiger partial charge is 0.410 e. The molecule has 0 saturated carbocycles. The number of hydrogen-bond acceptors (Lipinski definition) is 3. The van der Waals surface area contributed by atoms with Gasteiger partial charge in [-0.15, -0.1) is 0 Å². The predicted molar refractivity (Wildman–Crippen MR) is 96.7 cm³/mol. The molecule has 136 valence electrons. The van der Waals surface area contributed by atoms with Gasteiger partial charge in [-0.05, 0) is 65.7 Å². The molecular weight excluding hydrogens is 288 g/mol. The molecule has 1 rings (SSSR count). The summed E-state index contributed by atoms with van der Waals surface area (Å²) in [5.41, 5.74) is 0.00350. The van der Waals surface area contributed by atoms with Crippen LogP contribution in [0.25, 0.3) is 0 Å². The Labute approximate surface area is 143 Å². The number of rotatable bonds is 3. The molecule has 4 heteroatoms. The van der Waals surface area contributed by atoms with E-state index in [0.29, 0.717) is 11.5 Å². The van der Waals surface area contributed by atoms with Gasteiger partial charge in [0.15, 0.2) is 0 Å². The second-order valence-electron chi connectivity index (χ2n) is 9.86. The molecule has 0 aromatic carbocycles. The zero-order chi connectivity index (χ0) is 17.9. The van der Waals surface area contributed by atoms with E-state index >= 15 is 0 Å². The molecule has 0 aromatic heterocycles. The first-order valence-corrected chi connectivity index (χ1v) is 9.03. The molecule has 1 unspecified atom stereocenters. The Morgan fingerprint density at radius 2 is 1.65 bits per heavy atom. The van der Waals surface area contributed by atoms with E-state index in [1.807, 2.05) is 25.7 Å². The lowest BCUT2D eigenvalue weighted by Crippen LogP contribution is -2.48. The van der Waals surface area contributed by atoms with Gasteiger partial charge in [-0.1, -0.05) is 20.8 Å². The Hall–Kier alpha value is -0.770. The molecule has 23 heavy (non-hydrogen) atoms. The molecule has 1 aliphatic rings. The molecule has 1 fully saturated rings. The fraction of sp³-hybridized carbons (Fsp3) is 0.947. The molecule has 0 aliphatic carbocycles. The largest absolute Gasteiger partial charge is 0.444 e. The average Bonchev–Trinajstić information content (AvgIpc) is 2.48. The van der Waals surface area contributed by atoms with E-state index in [2.05, 4.69) is 39.9 Å². The third kappa shape index (κ3) is 8.59. The fourth-order valence-electron chi connectivity index (χ4n) is 3.68. The monoisotopic (exact) mass is 326 g/mol. The maximum absolute atomic E-state index is 12.2. The van der Waals surface area contributed by atoms with Gasteiger partial charge in [0.05, 0.1) is 0 Å². The van der Waals surface area contributed by atoms with Crippen molar-refractivity contribution in [1.82, 2.24) is 10.2 Å². The standard InChI is InChI=1S/C19H38N2O2/c1-17(2,3)14-19(7,8)20-15-10-9-12-21(13-11-15)16(22)23-18(4,5)6/h15,20H,9-14H2,1-8H3. The molecule has 0 radical (unpaired) electrons. The van der Waals surface area contributed by atoms with Crippen LogP contribution in [0.15, 0.2) is 0 Å². The Morgan fingerprint density at radius 1 is 1.04 bits per heavy atom. The molecule has 0 spiro atoms.